The number of phosphoric acid groups is 2. The summed E-state index contributed by atoms with van der Waals surface area (Å²) in [5.41, 5.74) is 0. The fourth-order valence-electron chi connectivity index (χ4n) is 11.8. The van der Waals surface area contributed by atoms with Crippen LogP contribution in [-0.2, 0) is 65.4 Å². The van der Waals surface area contributed by atoms with Crippen molar-refractivity contribution in [2.24, 2.45) is 11.8 Å². The summed E-state index contributed by atoms with van der Waals surface area (Å²) in [6.45, 7) is 9.59. The van der Waals surface area contributed by atoms with Crippen LogP contribution < -0.4 is 0 Å². The first-order valence-electron chi connectivity index (χ1n) is 40.0. The first-order valence-corrected chi connectivity index (χ1v) is 43.0. The summed E-state index contributed by atoms with van der Waals surface area (Å²) in [6.07, 6.45) is 56.8. The Balaban J connectivity index is 5.25. The predicted molar refractivity (Wildman–Crippen MR) is 391 cm³/mol. The number of hydrogen-bond acceptors (Lipinski definition) is 15. The van der Waals surface area contributed by atoms with E-state index in [9.17, 15) is 43.2 Å². The molecule has 0 saturated heterocycles. The Kier molecular flexibility index (Phi) is 67.4. The molecule has 570 valence electrons. The van der Waals surface area contributed by atoms with E-state index in [1.165, 1.54) is 212 Å². The average molecular weight is 1410 g/mol. The monoisotopic (exact) mass is 1410 g/mol. The molecule has 0 aromatic heterocycles. The summed E-state index contributed by atoms with van der Waals surface area (Å²) in [5.74, 6) is -0.600. The van der Waals surface area contributed by atoms with Gasteiger partial charge in [0.2, 0.25) is 0 Å². The van der Waals surface area contributed by atoms with Gasteiger partial charge in [-0.05, 0) is 37.5 Å². The van der Waals surface area contributed by atoms with Gasteiger partial charge in [-0.15, -0.1) is 0 Å². The van der Waals surface area contributed by atoms with Crippen molar-refractivity contribution >= 4 is 39.5 Å². The molecule has 0 radical (unpaired) electrons. The topological polar surface area (TPSA) is 237 Å². The first-order chi connectivity index (χ1) is 46.4. The lowest BCUT2D eigenvalue weighted by molar-refractivity contribution is -0.161. The van der Waals surface area contributed by atoms with E-state index in [1.807, 2.05) is 0 Å². The van der Waals surface area contributed by atoms with Crippen LogP contribution in [0.1, 0.15) is 401 Å². The highest BCUT2D eigenvalue weighted by atomic mass is 31.2. The van der Waals surface area contributed by atoms with Gasteiger partial charge in [0.1, 0.15) is 19.3 Å². The van der Waals surface area contributed by atoms with Gasteiger partial charge < -0.3 is 33.8 Å². The maximum absolute atomic E-state index is 13.1. The van der Waals surface area contributed by atoms with Crippen molar-refractivity contribution in [3.8, 4) is 0 Å². The van der Waals surface area contributed by atoms with E-state index in [1.54, 1.807) is 0 Å². The van der Waals surface area contributed by atoms with Gasteiger partial charge in [0.25, 0.3) is 0 Å². The highest BCUT2D eigenvalue weighted by Gasteiger charge is 2.30. The molecule has 0 spiro atoms. The predicted octanol–water partition coefficient (Wildman–Crippen LogP) is 22.7. The Hall–Kier alpha value is -1.94. The number of rotatable bonds is 76. The quantitative estimate of drug-likeness (QED) is 0.0222. The Morgan fingerprint density at radius 1 is 0.302 bits per heavy atom. The maximum atomic E-state index is 13.1. The number of carbonyl (C=O) groups excluding carboxylic acids is 4. The standard InChI is InChI=1S/C77H150O17P2/c1-7-10-12-14-16-18-20-22-24-25-26-28-34-38-42-50-56-62-76(81)93-72(65-87-74(79)59-53-47-40-36-32-30-29-31-35-39-45-51-57-69(4)5)67-91-95(83,84)89-63-71(78)64-90-96(85,86)92-68-73(66-88-75(80)60-54-48-44-43-46-52-58-70(6)9-3)94-77(82)61-55-49-41-37-33-27-23-21-19-17-15-13-11-8-2/h69-73,78H,7-68H2,1-6H3,(H,83,84)(H,85,86)/t70?,71-,72-,73-/m1/s1. The molecule has 96 heavy (non-hydrogen) atoms. The van der Waals surface area contributed by atoms with Crippen LogP contribution in [0.2, 0.25) is 0 Å². The van der Waals surface area contributed by atoms with E-state index < -0.39 is 97.5 Å². The third-order valence-electron chi connectivity index (χ3n) is 18.3. The maximum Gasteiger partial charge on any atom is 0.472 e. The number of esters is 4. The molecule has 0 amide bonds. The van der Waals surface area contributed by atoms with Crippen LogP contribution in [0.25, 0.3) is 0 Å². The van der Waals surface area contributed by atoms with Gasteiger partial charge in [0.15, 0.2) is 12.2 Å². The summed E-state index contributed by atoms with van der Waals surface area (Å²) in [4.78, 5) is 72.9. The zero-order chi connectivity index (χ0) is 70.7. The Labute approximate surface area is 588 Å². The Morgan fingerprint density at radius 3 is 0.792 bits per heavy atom. The van der Waals surface area contributed by atoms with Crippen LogP contribution >= 0.6 is 15.6 Å². The fourth-order valence-corrected chi connectivity index (χ4v) is 13.4. The van der Waals surface area contributed by atoms with Crippen LogP contribution in [0.5, 0.6) is 0 Å². The molecule has 17 nitrogen and oxygen atoms in total. The van der Waals surface area contributed by atoms with E-state index >= 15 is 0 Å². The Morgan fingerprint density at radius 2 is 0.531 bits per heavy atom. The normalized spacial score (nSPS) is 14.3. The van der Waals surface area contributed by atoms with E-state index in [0.29, 0.717) is 25.7 Å². The summed E-state index contributed by atoms with van der Waals surface area (Å²) < 4.78 is 68.6. The van der Waals surface area contributed by atoms with Crippen molar-refractivity contribution in [2.45, 2.75) is 419 Å². The number of aliphatic hydroxyl groups is 1. The minimum Gasteiger partial charge on any atom is -0.462 e. The summed E-state index contributed by atoms with van der Waals surface area (Å²) >= 11 is 0. The van der Waals surface area contributed by atoms with E-state index in [0.717, 1.165) is 108 Å². The fraction of sp³-hybridized carbons (Fsp3) is 0.948. The van der Waals surface area contributed by atoms with Gasteiger partial charge in [-0.25, -0.2) is 9.13 Å². The largest absolute Gasteiger partial charge is 0.472 e. The number of ether oxygens (including phenoxy) is 4. The molecule has 19 heteroatoms. The van der Waals surface area contributed by atoms with Crippen molar-refractivity contribution in [1.29, 1.82) is 0 Å². The van der Waals surface area contributed by atoms with E-state index in [2.05, 4.69) is 41.5 Å². The number of unbranched alkanes of at least 4 members (excludes halogenated alkanes) is 45. The van der Waals surface area contributed by atoms with E-state index in [-0.39, 0.29) is 25.7 Å². The smallest absolute Gasteiger partial charge is 0.462 e. The summed E-state index contributed by atoms with van der Waals surface area (Å²) in [5, 5.41) is 10.6. The van der Waals surface area contributed by atoms with Crippen LogP contribution in [0.3, 0.4) is 0 Å². The minimum atomic E-state index is -4.96. The third-order valence-corrected chi connectivity index (χ3v) is 20.2. The van der Waals surface area contributed by atoms with Crippen LogP contribution in [0.15, 0.2) is 0 Å². The van der Waals surface area contributed by atoms with Crippen molar-refractivity contribution in [1.82, 2.24) is 0 Å². The van der Waals surface area contributed by atoms with Crippen LogP contribution in [0, 0.1) is 11.8 Å². The second-order valence-electron chi connectivity index (χ2n) is 28.5. The lowest BCUT2D eigenvalue weighted by Crippen LogP contribution is -2.30. The number of carbonyl (C=O) groups is 4. The highest BCUT2D eigenvalue weighted by molar-refractivity contribution is 7.47. The molecule has 0 saturated carbocycles. The second-order valence-corrected chi connectivity index (χ2v) is 31.4. The molecule has 0 heterocycles. The second kappa shape index (κ2) is 68.8. The lowest BCUT2D eigenvalue weighted by atomic mass is 10.00. The van der Waals surface area contributed by atoms with Crippen molar-refractivity contribution in [2.75, 3.05) is 39.6 Å². The summed E-state index contributed by atoms with van der Waals surface area (Å²) in [6, 6.07) is 0. The van der Waals surface area contributed by atoms with Gasteiger partial charge in [-0.2, -0.15) is 0 Å². The van der Waals surface area contributed by atoms with Gasteiger partial charge in [-0.1, -0.05) is 350 Å². The summed E-state index contributed by atoms with van der Waals surface area (Å²) in [7, 11) is -9.91. The van der Waals surface area contributed by atoms with Crippen LogP contribution in [-0.4, -0.2) is 96.7 Å². The molecule has 3 N–H and O–H groups in total. The molecule has 0 aliphatic heterocycles. The van der Waals surface area contributed by atoms with Crippen LogP contribution in [0.4, 0.5) is 0 Å². The SMILES string of the molecule is CCCCCCCCCCCCCCCCCCCC(=O)O[C@H](COC(=O)CCCCCCCCCCCCCCC(C)C)COP(=O)(O)OC[C@@H](O)COP(=O)(O)OC[C@@H](COC(=O)CCCCCCCCC(C)CC)OC(=O)CCCCCCCCCCCCCCCC. The molecular formula is C77H150O17P2. The van der Waals surface area contributed by atoms with E-state index in [4.69, 9.17) is 37.0 Å². The molecule has 0 aromatic carbocycles. The number of hydrogen-bond donors (Lipinski definition) is 3. The van der Waals surface area contributed by atoms with Crippen molar-refractivity contribution < 1.29 is 80.2 Å². The number of aliphatic hydroxyl groups excluding tert-OH is 1. The molecule has 0 aliphatic carbocycles. The minimum absolute atomic E-state index is 0.107. The molecular weight excluding hydrogens is 1260 g/mol. The molecule has 0 rings (SSSR count). The van der Waals surface area contributed by atoms with Gasteiger partial charge >= 0.3 is 39.5 Å². The average Bonchev–Trinajstić information content (AvgIpc) is 1.38. The van der Waals surface area contributed by atoms with Crippen molar-refractivity contribution in [3.05, 3.63) is 0 Å². The van der Waals surface area contributed by atoms with Gasteiger partial charge in [-0.3, -0.25) is 37.3 Å². The number of phosphoric ester groups is 2. The zero-order valence-corrected chi connectivity index (χ0v) is 64.5. The third kappa shape index (κ3) is 69.2. The first kappa shape index (κ1) is 94.1. The molecule has 0 aromatic rings. The zero-order valence-electron chi connectivity index (χ0n) is 62.7. The molecule has 6 atom stereocenters. The van der Waals surface area contributed by atoms with Gasteiger partial charge in [0.05, 0.1) is 26.4 Å². The highest BCUT2D eigenvalue weighted by Crippen LogP contribution is 2.45. The molecule has 3 unspecified atom stereocenters. The van der Waals surface area contributed by atoms with Crippen molar-refractivity contribution in [3.63, 3.8) is 0 Å². The Bertz CT molecular complexity index is 1860. The molecule has 0 bridgehead atoms. The van der Waals surface area contributed by atoms with Gasteiger partial charge in [0, 0.05) is 25.7 Å². The molecule has 0 aliphatic rings. The molecule has 0 fully saturated rings. The lowest BCUT2D eigenvalue weighted by Gasteiger charge is -2.21.